The molecule has 0 bridgehead atoms. The Hall–Kier alpha value is -6.56. The number of fused-ring (bicyclic) bond motifs is 1. The molecule has 16 nitrogen and oxygen atoms in total. The van der Waals surface area contributed by atoms with Gasteiger partial charge in [0.25, 0.3) is 11.6 Å². The lowest BCUT2D eigenvalue weighted by molar-refractivity contribution is -0.258. The third-order valence-corrected chi connectivity index (χ3v) is 10.7. The summed E-state index contributed by atoms with van der Waals surface area (Å²) >= 11 is 1.22. The van der Waals surface area contributed by atoms with Crippen molar-refractivity contribution < 1.29 is 48.0 Å². The number of nitrogens with one attached hydrogen (secondary N) is 1. The van der Waals surface area contributed by atoms with Crippen molar-refractivity contribution in [3.63, 3.8) is 0 Å². The first-order valence-electron chi connectivity index (χ1n) is 17.9. The van der Waals surface area contributed by atoms with Gasteiger partial charge in [-0.3, -0.25) is 19.3 Å². The van der Waals surface area contributed by atoms with Crippen LogP contribution in [0.5, 0.6) is 11.5 Å². The Balaban J connectivity index is 1.18. The minimum atomic E-state index is -2.17. The third kappa shape index (κ3) is 8.00. The monoisotopic (exact) mass is 806 g/mol. The summed E-state index contributed by atoms with van der Waals surface area (Å²) in [5.41, 5.74) is 0.312. The number of amides is 2. The average Bonchev–Trinajstić information content (AvgIpc) is 3.68. The van der Waals surface area contributed by atoms with Gasteiger partial charge in [-0.2, -0.15) is 0 Å². The van der Waals surface area contributed by atoms with Gasteiger partial charge in [0.1, 0.15) is 23.8 Å². The zero-order valence-electron chi connectivity index (χ0n) is 31.5. The molecule has 2 aliphatic rings. The van der Waals surface area contributed by atoms with Crippen molar-refractivity contribution in [2.45, 2.75) is 35.7 Å². The number of aromatic nitrogens is 4. The molecule has 17 heteroatoms. The number of aromatic hydroxyl groups is 1. The lowest BCUT2D eigenvalue weighted by Gasteiger charge is -2.55. The lowest BCUT2D eigenvalue weighted by atomic mass is 9.92. The molecular weight excluding hydrogens is 769 g/mol. The van der Waals surface area contributed by atoms with Crippen LogP contribution in [0.1, 0.15) is 34.3 Å². The molecule has 2 amide bonds. The van der Waals surface area contributed by atoms with Crippen molar-refractivity contribution in [1.29, 1.82) is 0 Å². The molecule has 0 spiro atoms. The minimum Gasteiger partial charge on any atom is -0.508 e. The van der Waals surface area contributed by atoms with Crippen molar-refractivity contribution >= 4 is 35.5 Å². The molecule has 4 aromatic carbocycles. The van der Waals surface area contributed by atoms with Crippen LogP contribution in [0.25, 0.3) is 0 Å². The number of carbonyl (C=O) groups excluding carboxylic acids is 4. The van der Waals surface area contributed by atoms with Crippen LogP contribution in [0, 0.1) is 0 Å². The van der Waals surface area contributed by atoms with Gasteiger partial charge >= 0.3 is 11.9 Å². The van der Waals surface area contributed by atoms with E-state index in [0.29, 0.717) is 33.2 Å². The number of aryl methyl sites for hydroxylation is 1. The SMILES string of the molecule is COc1ccc(COC(=O)[C@H](C(=O)N[C@@]2(OC)C(=O)N3C(C(=O)OC(c4ccccc4)c4ccccc4)=C(CSc4nnnn4C)CO[C@H]32)c2ccc(O)cc2)cc1. The van der Waals surface area contributed by atoms with Crippen molar-refractivity contribution in [1.82, 2.24) is 30.4 Å². The molecule has 1 saturated heterocycles. The quantitative estimate of drug-likeness (QED) is 0.0510. The van der Waals surface area contributed by atoms with E-state index in [1.165, 1.54) is 54.9 Å². The zero-order chi connectivity index (χ0) is 40.8. The second kappa shape index (κ2) is 17.3. The number of benzene rings is 4. The zero-order valence-corrected chi connectivity index (χ0v) is 32.3. The van der Waals surface area contributed by atoms with E-state index in [2.05, 4.69) is 20.8 Å². The predicted molar refractivity (Wildman–Crippen MR) is 205 cm³/mol. The highest BCUT2D eigenvalue weighted by atomic mass is 32.2. The number of methoxy groups -OCH3 is 2. The molecule has 0 unspecified atom stereocenters. The molecule has 0 radical (unpaired) electrons. The highest BCUT2D eigenvalue weighted by molar-refractivity contribution is 7.99. The maximum absolute atomic E-state index is 14.5. The first kappa shape index (κ1) is 39.7. The highest BCUT2D eigenvalue weighted by Crippen LogP contribution is 2.43. The molecule has 1 aromatic heterocycles. The molecule has 58 heavy (non-hydrogen) atoms. The fourth-order valence-electron chi connectivity index (χ4n) is 6.56. The average molecular weight is 807 g/mol. The molecule has 2 aliphatic heterocycles. The fraction of sp³-hybridized carbons (Fsp3) is 0.244. The van der Waals surface area contributed by atoms with Crippen LogP contribution in [0.2, 0.25) is 0 Å². The highest BCUT2D eigenvalue weighted by Gasteiger charge is 2.68. The first-order chi connectivity index (χ1) is 28.1. The van der Waals surface area contributed by atoms with Crippen LogP contribution < -0.4 is 10.1 Å². The van der Waals surface area contributed by atoms with Gasteiger partial charge in [-0.25, -0.2) is 9.48 Å². The fourth-order valence-corrected chi connectivity index (χ4v) is 7.40. The maximum atomic E-state index is 14.5. The molecule has 1 fully saturated rings. The number of β-lactam (4-membered cyclic amide) rings is 1. The second-order valence-electron chi connectivity index (χ2n) is 13.2. The van der Waals surface area contributed by atoms with E-state index in [9.17, 15) is 24.3 Å². The summed E-state index contributed by atoms with van der Waals surface area (Å²) in [6, 6.07) is 30.6. The number of tetrazole rings is 1. The van der Waals surface area contributed by atoms with E-state index in [0.717, 1.165) is 4.90 Å². The van der Waals surface area contributed by atoms with E-state index in [-0.39, 0.29) is 36.0 Å². The normalized spacial score (nSPS) is 17.9. The van der Waals surface area contributed by atoms with Crippen LogP contribution >= 0.6 is 11.8 Å². The lowest BCUT2D eigenvalue weighted by Crippen LogP contribution is -2.83. The van der Waals surface area contributed by atoms with Crippen LogP contribution in [0.4, 0.5) is 0 Å². The summed E-state index contributed by atoms with van der Waals surface area (Å²) in [6.07, 6.45) is -2.21. The number of thioether (sulfide) groups is 1. The molecule has 2 N–H and O–H groups in total. The Kier molecular flexibility index (Phi) is 11.8. The molecule has 5 aromatic rings. The molecule has 0 saturated carbocycles. The van der Waals surface area contributed by atoms with E-state index in [1.54, 1.807) is 31.3 Å². The number of hydrogen-bond acceptors (Lipinski definition) is 14. The largest absolute Gasteiger partial charge is 0.508 e. The smallest absolute Gasteiger partial charge is 0.356 e. The first-order valence-corrected chi connectivity index (χ1v) is 18.9. The van der Waals surface area contributed by atoms with E-state index < -0.39 is 47.7 Å². The van der Waals surface area contributed by atoms with Crippen molar-refractivity contribution in [3.05, 3.63) is 143 Å². The Bertz CT molecular complexity index is 2270. The van der Waals surface area contributed by atoms with Crippen LogP contribution in [-0.2, 0) is 51.8 Å². The number of hydrogen-bond donors (Lipinski definition) is 2. The molecule has 7 rings (SSSR count). The predicted octanol–water partition coefficient (Wildman–Crippen LogP) is 3.79. The molecule has 3 heterocycles. The number of esters is 2. The number of nitrogens with zero attached hydrogens (tertiary/aromatic N) is 5. The Morgan fingerprint density at radius 3 is 2.17 bits per heavy atom. The third-order valence-electron chi connectivity index (χ3n) is 9.59. The number of rotatable bonds is 15. The number of phenolic OH excluding ortho intramolecular Hbond substituents is 1. The summed E-state index contributed by atoms with van der Waals surface area (Å²) in [7, 11) is 4.39. The Morgan fingerprint density at radius 1 is 0.931 bits per heavy atom. The topological polar surface area (TPSA) is 194 Å². The second-order valence-corrected chi connectivity index (χ2v) is 14.1. The van der Waals surface area contributed by atoms with Gasteiger partial charge in [-0.1, -0.05) is 96.7 Å². The number of phenols is 1. The van der Waals surface area contributed by atoms with Gasteiger partial charge in [0, 0.05) is 19.9 Å². The van der Waals surface area contributed by atoms with Crippen LogP contribution in [-0.4, -0.2) is 92.5 Å². The standard InChI is InChI=1S/C41H38N6O10S/c1-46-40(43-44-45-46)58-24-29-23-56-39-41(54-3,38(52)47(39)33(29)37(51)57-34(27-10-6-4-7-11-27)28-12-8-5-9-13-28)42-35(49)32(26-16-18-30(48)19-17-26)36(50)55-22-25-14-20-31(53-2)21-15-25/h4-21,32,34,39,48H,22-24H2,1-3H3,(H,42,49)/t32-,39-,41+/m0/s1. The minimum absolute atomic E-state index is 0.0966. The van der Waals surface area contributed by atoms with E-state index >= 15 is 0 Å². The van der Waals surface area contributed by atoms with Crippen molar-refractivity contribution in [3.8, 4) is 11.5 Å². The van der Waals surface area contributed by atoms with Gasteiger partial charge in [0.05, 0.1) is 13.7 Å². The molecule has 0 aliphatic carbocycles. The number of ether oxygens (including phenoxy) is 5. The maximum Gasteiger partial charge on any atom is 0.356 e. The Labute approximate surface area is 336 Å². The summed E-state index contributed by atoms with van der Waals surface area (Å²) in [5.74, 6) is -4.54. The summed E-state index contributed by atoms with van der Waals surface area (Å²) in [4.78, 5) is 58.0. The van der Waals surface area contributed by atoms with Crippen molar-refractivity contribution in [2.24, 2.45) is 7.05 Å². The van der Waals surface area contributed by atoms with Gasteiger partial charge in [0.15, 0.2) is 18.2 Å². The van der Waals surface area contributed by atoms with E-state index in [1.807, 2.05) is 60.7 Å². The van der Waals surface area contributed by atoms with Crippen molar-refractivity contribution in [2.75, 3.05) is 26.6 Å². The summed E-state index contributed by atoms with van der Waals surface area (Å²) in [5, 5.41) is 24.5. The Morgan fingerprint density at radius 2 is 1.59 bits per heavy atom. The number of carbonyl (C=O) groups is 4. The van der Waals surface area contributed by atoms with Gasteiger partial charge in [-0.15, -0.1) is 5.10 Å². The van der Waals surface area contributed by atoms with Crippen LogP contribution in [0.3, 0.4) is 0 Å². The van der Waals surface area contributed by atoms with Gasteiger partial charge < -0.3 is 34.1 Å². The molecule has 298 valence electrons. The molecule has 3 atom stereocenters. The summed E-state index contributed by atoms with van der Waals surface area (Å²) < 4.78 is 30.4. The van der Waals surface area contributed by atoms with Crippen LogP contribution in [0.15, 0.2) is 126 Å². The van der Waals surface area contributed by atoms with Gasteiger partial charge in [0.2, 0.25) is 11.1 Å². The molecular formula is C41H38N6O10S. The summed E-state index contributed by atoms with van der Waals surface area (Å²) in [6.45, 7) is -0.349. The van der Waals surface area contributed by atoms with Gasteiger partial charge in [-0.05, 0) is 62.5 Å². The van der Waals surface area contributed by atoms with E-state index in [4.69, 9.17) is 23.7 Å².